The van der Waals surface area contributed by atoms with Crippen LogP contribution in [0.5, 0.6) is 11.5 Å². The van der Waals surface area contributed by atoms with Crippen LogP contribution >= 0.6 is 0 Å². The van der Waals surface area contributed by atoms with Crippen LogP contribution in [0, 0.1) is 0 Å². The number of anilines is 4. The third-order valence-corrected chi connectivity index (χ3v) is 6.64. The van der Waals surface area contributed by atoms with Gasteiger partial charge in [0, 0.05) is 34.0 Å². The van der Waals surface area contributed by atoms with E-state index in [0.717, 1.165) is 50.5 Å². The number of aromatic nitrogens is 3. The summed E-state index contributed by atoms with van der Waals surface area (Å²) in [5, 5.41) is 4.16. The minimum atomic E-state index is 0.167. The molecule has 202 valence electrons. The van der Waals surface area contributed by atoms with Crippen LogP contribution in [0.4, 0.5) is 23.1 Å². The van der Waals surface area contributed by atoms with Crippen molar-refractivity contribution in [3.05, 3.63) is 115 Å². The lowest BCUT2D eigenvalue weighted by Gasteiger charge is -2.12. The van der Waals surface area contributed by atoms with Crippen molar-refractivity contribution < 1.29 is 9.47 Å². The average Bonchev–Trinajstić information content (AvgIpc) is 3.01. The minimum Gasteiger partial charge on any atom is -0.497 e. The molecule has 5 N–H and O–H groups in total. The third-order valence-electron chi connectivity index (χ3n) is 6.64. The predicted octanol–water partition coefficient (Wildman–Crippen LogP) is 6.85. The molecular weight excluding hydrogens is 512 g/mol. The summed E-state index contributed by atoms with van der Waals surface area (Å²) in [7, 11) is 1.64. The van der Waals surface area contributed by atoms with E-state index in [1.807, 2.05) is 109 Å². The van der Waals surface area contributed by atoms with Crippen LogP contribution in [0.1, 0.15) is 5.56 Å². The molecule has 0 fully saturated rings. The van der Waals surface area contributed by atoms with Gasteiger partial charge >= 0.3 is 0 Å². The van der Waals surface area contributed by atoms with Gasteiger partial charge in [-0.05, 0) is 78.4 Å². The number of nitrogens with zero attached hydrogens (tertiary/aromatic N) is 3. The normalized spacial score (nSPS) is 10.9. The Hall–Kier alpha value is -5.63. The summed E-state index contributed by atoms with van der Waals surface area (Å²) in [6.07, 6.45) is 0. The molecule has 0 saturated heterocycles. The number of rotatable bonds is 8. The van der Waals surface area contributed by atoms with E-state index in [-0.39, 0.29) is 5.95 Å². The number of pyridine rings is 1. The molecule has 0 aliphatic rings. The lowest BCUT2D eigenvalue weighted by molar-refractivity contribution is 0.306. The number of nitrogens with one attached hydrogen (secondary N) is 1. The van der Waals surface area contributed by atoms with Crippen LogP contribution in [0.3, 0.4) is 0 Å². The van der Waals surface area contributed by atoms with Gasteiger partial charge in [0.15, 0.2) is 0 Å². The number of nitrogens with two attached hydrogens (primary N) is 2. The molecule has 8 nitrogen and oxygen atoms in total. The first-order chi connectivity index (χ1) is 20.0. The molecule has 8 heteroatoms. The zero-order valence-corrected chi connectivity index (χ0v) is 22.4. The van der Waals surface area contributed by atoms with Gasteiger partial charge < -0.3 is 26.3 Å². The smallest absolute Gasteiger partial charge is 0.222 e. The first-order valence-corrected chi connectivity index (χ1v) is 13.1. The van der Waals surface area contributed by atoms with Crippen molar-refractivity contribution >= 4 is 34.0 Å². The summed E-state index contributed by atoms with van der Waals surface area (Å²) in [5.74, 6) is 2.30. The first-order valence-electron chi connectivity index (χ1n) is 13.1. The van der Waals surface area contributed by atoms with Gasteiger partial charge in [-0.25, -0.2) is 9.97 Å². The average molecular weight is 541 g/mol. The van der Waals surface area contributed by atoms with E-state index in [2.05, 4.69) is 15.3 Å². The molecule has 0 saturated carbocycles. The highest BCUT2D eigenvalue weighted by atomic mass is 16.5. The molecule has 0 amide bonds. The highest BCUT2D eigenvalue weighted by Crippen LogP contribution is 2.31. The molecule has 4 aromatic carbocycles. The van der Waals surface area contributed by atoms with Crippen molar-refractivity contribution in [2.75, 3.05) is 23.9 Å². The van der Waals surface area contributed by atoms with E-state index < -0.39 is 0 Å². The molecule has 0 aliphatic heterocycles. The van der Waals surface area contributed by atoms with Crippen molar-refractivity contribution in [2.24, 2.45) is 0 Å². The topological polar surface area (TPSA) is 121 Å². The standard InChI is InChI=1S/C33H28N6O2/c1-40-25-12-7-22(8-13-25)30-18-28(34)27-17-24(11-16-29(27)37-30)36-32-19-31(38-33(35)39-32)23-9-14-26(15-10-23)41-20-21-5-3-2-4-6-21/h2-19H,20H2,1H3,(H2,34,37)(H3,35,36,38,39). The van der Waals surface area contributed by atoms with Gasteiger partial charge in [-0.3, -0.25) is 0 Å². The maximum absolute atomic E-state index is 6.46. The SMILES string of the molecule is COc1ccc(-c2cc(N)c3cc(Nc4cc(-c5ccc(OCc6ccccc6)cc5)nc(N)n4)ccc3n2)cc1. The Morgan fingerprint density at radius 1 is 0.683 bits per heavy atom. The van der Waals surface area contributed by atoms with Gasteiger partial charge in [0.2, 0.25) is 5.95 Å². The molecule has 0 atom stereocenters. The second-order valence-corrected chi connectivity index (χ2v) is 9.48. The molecule has 0 aliphatic carbocycles. The number of methoxy groups -OCH3 is 1. The lowest BCUT2D eigenvalue weighted by atomic mass is 10.1. The molecule has 0 unspecified atom stereocenters. The Kier molecular flexibility index (Phi) is 7.02. The number of benzene rings is 4. The van der Waals surface area contributed by atoms with Crippen molar-refractivity contribution in [2.45, 2.75) is 6.61 Å². The molecule has 41 heavy (non-hydrogen) atoms. The Morgan fingerprint density at radius 2 is 1.37 bits per heavy atom. The highest BCUT2D eigenvalue weighted by molar-refractivity contribution is 5.95. The van der Waals surface area contributed by atoms with Gasteiger partial charge in [0.05, 0.1) is 24.0 Å². The molecule has 6 rings (SSSR count). The van der Waals surface area contributed by atoms with Crippen LogP contribution < -0.4 is 26.3 Å². The maximum Gasteiger partial charge on any atom is 0.222 e. The fraction of sp³-hybridized carbons (Fsp3) is 0.0606. The summed E-state index contributed by atoms with van der Waals surface area (Å²) in [6, 6.07) is 35.1. The van der Waals surface area contributed by atoms with Crippen LogP contribution in [0.15, 0.2) is 109 Å². The van der Waals surface area contributed by atoms with E-state index in [4.69, 9.17) is 25.9 Å². The van der Waals surface area contributed by atoms with Crippen LogP contribution in [-0.4, -0.2) is 22.1 Å². The Bertz CT molecular complexity index is 1810. The largest absolute Gasteiger partial charge is 0.497 e. The van der Waals surface area contributed by atoms with Crippen LogP contribution in [0.2, 0.25) is 0 Å². The fourth-order valence-corrected chi connectivity index (χ4v) is 4.53. The van der Waals surface area contributed by atoms with E-state index >= 15 is 0 Å². The quantitative estimate of drug-likeness (QED) is 0.192. The van der Waals surface area contributed by atoms with Crippen molar-refractivity contribution in [3.63, 3.8) is 0 Å². The van der Waals surface area contributed by atoms with E-state index in [0.29, 0.717) is 23.8 Å². The third kappa shape index (κ3) is 5.86. The van der Waals surface area contributed by atoms with Crippen LogP contribution in [-0.2, 0) is 6.61 Å². The fourth-order valence-electron chi connectivity index (χ4n) is 4.53. The second kappa shape index (κ2) is 11.2. The number of hydrogen-bond acceptors (Lipinski definition) is 8. The molecule has 6 aromatic rings. The number of ether oxygens (including phenoxy) is 2. The Labute approximate surface area is 237 Å². The van der Waals surface area contributed by atoms with Gasteiger partial charge in [0.1, 0.15) is 23.9 Å². The monoisotopic (exact) mass is 540 g/mol. The zero-order chi connectivity index (χ0) is 28.2. The summed E-state index contributed by atoms with van der Waals surface area (Å²) in [4.78, 5) is 13.6. The summed E-state index contributed by atoms with van der Waals surface area (Å²) < 4.78 is 11.2. The minimum absolute atomic E-state index is 0.167. The maximum atomic E-state index is 6.46. The van der Waals surface area contributed by atoms with Crippen molar-refractivity contribution in [3.8, 4) is 34.0 Å². The van der Waals surface area contributed by atoms with Gasteiger partial charge in [0.25, 0.3) is 0 Å². The zero-order valence-electron chi connectivity index (χ0n) is 22.4. The number of fused-ring (bicyclic) bond motifs is 1. The first kappa shape index (κ1) is 25.6. The van der Waals surface area contributed by atoms with E-state index in [9.17, 15) is 0 Å². The molecule has 2 heterocycles. The summed E-state index contributed by atoms with van der Waals surface area (Å²) >= 11 is 0. The summed E-state index contributed by atoms with van der Waals surface area (Å²) in [6.45, 7) is 0.503. The Balaban J connectivity index is 1.20. The van der Waals surface area contributed by atoms with Crippen molar-refractivity contribution in [1.82, 2.24) is 15.0 Å². The molecule has 2 aromatic heterocycles. The predicted molar refractivity (Wildman–Crippen MR) is 164 cm³/mol. The van der Waals surface area contributed by atoms with Crippen LogP contribution in [0.25, 0.3) is 33.4 Å². The van der Waals surface area contributed by atoms with Crippen molar-refractivity contribution in [1.29, 1.82) is 0 Å². The lowest BCUT2D eigenvalue weighted by Crippen LogP contribution is -2.02. The summed E-state index contributed by atoms with van der Waals surface area (Å²) in [5.41, 5.74) is 19.2. The molecule has 0 bridgehead atoms. The number of nitrogen functional groups attached to an aromatic ring is 2. The highest BCUT2D eigenvalue weighted by Gasteiger charge is 2.10. The van der Waals surface area contributed by atoms with E-state index in [1.54, 1.807) is 7.11 Å². The molecule has 0 radical (unpaired) electrons. The molecule has 0 spiro atoms. The van der Waals surface area contributed by atoms with E-state index in [1.165, 1.54) is 0 Å². The Morgan fingerprint density at radius 3 is 2.07 bits per heavy atom. The second-order valence-electron chi connectivity index (χ2n) is 9.48. The van der Waals surface area contributed by atoms with Gasteiger partial charge in [-0.2, -0.15) is 4.98 Å². The van der Waals surface area contributed by atoms with Gasteiger partial charge in [-0.1, -0.05) is 30.3 Å². The molecular formula is C33H28N6O2. The number of hydrogen-bond donors (Lipinski definition) is 3. The van der Waals surface area contributed by atoms with Gasteiger partial charge in [-0.15, -0.1) is 0 Å².